The number of unbranched alkanes of at least 4 members (excludes halogenated alkanes) is 3. The Bertz CT molecular complexity index is 492. The van der Waals surface area contributed by atoms with Crippen LogP contribution in [0, 0.1) is 0 Å². The van der Waals surface area contributed by atoms with E-state index in [-0.39, 0.29) is 30.4 Å². The van der Waals surface area contributed by atoms with Crippen LogP contribution in [0.25, 0.3) is 0 Å². The molecule has 0 fully saturated rings. The third kappa shape index (κ3) is 10.1. The number of hydrogen-bond donors (Lipinski definition) is 4. The van der Waals surface area contributed by atoms with Crippen LogP contribution < -0.4 is 21.7 Å². The van der Waals surface area contributed by atoms with Crippen molar-refractivity contribution in [2.24, 2.45) is 5.73 Å². The maximum atomic E-state index is 11.8. The van der Waals surface area contributed by atoms with E-state index in [1.54, 1.807) is 24.3 Å². The number of benzene rings is 1. The highest BCUT2D eigenvalue weighted by Gasteiger charge is 2.05. The van der Waals surface area contributed by atoms with Crippen LogP contribution in [0.1, 0.15) is 46.0 Å². The Hall–Kier alpha value is -1.79. The molecule has 0 aliphatic rings. The Morgan fingerprint density at radius 3 is 2.04 bits per heavy atom. The van der Waals surface area contributed by atoms with Gasteiger partial charge in [0.05, 0.1) is 0 Å². The second-order valence-electron chi connectivity index (χ2n) is 5.83. The molecule has 0 atom stereocenters. The summed E-state index contributed by atoms with van der Waals surface area (Å²) in [5.41, 5.74) is 6.84. The van der Waals surface area contributed by atoms with E-state index < -0.39 is 0 Å². The quantitative estimate of drug-likeness (QED) is 0.510. The second kappa shape index (κ2) is 12.6. The van der Waals surface area contributed by atoms with Crippen molar-refractivity contribution in [3.63, 3.8) is 0 Å². The van der Waals surface area contributed by atoms with E-state index in [2.05, 4.69) is 16.0 Å². The van der Waals surface area contributed by atoms with Gasteiger partial charge in [0.15, 0.2) is 0 Å². The number of amides is 3. The van der Waals surface area contributed by atoms with E-state index in [4.69, 9.17) is 5.73 Å². The third-order valence-electron chi connectivity index (χ3n) is 3.20. The molecule has 1 aromatic carbocycles. The minimum absolute atomic E-state index is 0. The predicted octanol–water partition coefficient (Wildman–Crippen LogP) is 3.49. The molecule has 7 heteroatoms. The van der Waals surface area contributed by atoms with E-state index in [1.165, 1.54) is 0 Å². The molecule has 1 rings (SSSR count). The standard InChI is InChI=1S/C17H28N4O2.ClH/c1-13(2)19-17(23)21-15-10-8-14(9-11-15)20-16(22)7-5-3-4-6-12-18;/h8-11,13H,3-7,12,18H2,1-2H3,(H,20,22)(H2,19,21,23);1H. The van der Waals surface area contributed by atoms with Crippen LogP contribution in [0.5, 0.6) is 0 Å². The second-order valence-corrected chi connectivity index (χ2v) is 5.83. The van der Waals surface area contributed by atoms with Crippen LogP contribution in [-0.2, 0) is 4.79 Å². The van der Waals surface area contributed by atoms with Gasteiger partial charge in [0.25, 0.3) is 0 Å². The molecular weight excluding hydrogens is 328 g/mol. The number of rotatable bonds is 9. The summed E-state index contributed by atoms with van der Waals surface area (Å²) in [6.07, 6.45) is 4.50. The van der Waals surface area contributed by atoms with E-state index in [0.29, 0.717) is 18.7 Å². The highest BCUT2D eigenvalue weighted by Crippen LogP contribution is 2.14. The molecule has 0 unspecified atom stereocenters. The van der Waals surface area contributed by atoms with Crippen LogP contribution in [0.2, 0.25) is 0 Å². The molecule has 0 heterocycles. The Balaban J connectivity index is 0.00000529. The summed E-state index contributed by atoms with van der Waals surface area (Å²) in [5.74, 6) is 0.0102. The lowest BCUT2D eigenvalue weighted by Gasteiger charge is -2.11. The number of urea groups is 1. The minimum atomic E-state index is -0.241. The number of nitrogens with two attached hydrogens (primary N) is 1. The zero-order chi connectivity index (χ0) is 17.1. The fourth-order valence-electron chi connectivity index (χ4n) is 2.07. The van der Waals surface area contributed by atoms with Crippen LogP contribution in [0.3, 0.4) is 0 Å². The van der Waals surface area contributed by atoms with Gasteiger partial charge < -0.3 is 21.7 Å². The van der Waals surface area contributed by atoms with Crippen molar-refractivity contribution in [3.05, 3.63) is 24.3 Å². The molecular formula is C17H29ClN4O2. The molecule has 0 aliphatic carbocycles. The fraction of sp³-hybridized carbons (Fsp3) is 0.529. The molecule has 0 spiro atoms. The number of nitrogens with one attached hydrogen (secondary N) is 3. The van der Waals surface area contributed by atoms with Gasteiger partial charge in [-0.1, -0.05) is 12.8 Å². The molecule has 0 bridgehead atoms. The highest BCUT2D eigenvalue weighted by molar-refractivity contribution is 5.92. The molecule has 0 aromatic heterocycles. The summed E-state index contributed by atoms with van der Waals surface area (Å²) in [6, 6.07) is 6.91. The predicted molar refractivity (Wildman–Crippen MR) is 102 cm³/mol. The fourth-order valence-corrected chi connectivity index (χ4v) is 2.07. The molecule has 24 heavy (non-hydrogen) atoms. The summed E-state index contributed by atoms with van der Waals surface area (Å²) >= 11 is 0. The lowest BCUT2D eigenvalue weighted by Crippen LogP contribution is -2.34. The van der Waals surface area contributed by atoms with Gasteiger partial charge in [-0.15, -0.1) is 12.4 Å². The molecule has 136 valence electrons. The van der Waals surface area contributed by atoms with Gasteiger partial charge in [0, 0.05) is 23.8 Å². The van der Waals surface area contributed by atoms with Gasteiger partial charge in [-0.2, -0.15) is 0 Å². The smallest absolute Gasteiger partial charge is 0.319 e. The number of anilines is 2. The number of carbonyl (C=O) groups excluding carboxylic acids is 2. The first kappa shape index (κ1) is 22.2. The van der Waals surface area contributed by atoms with Crippen molar-refractivity contribution in [1.82, 2.24) is 5.32 Å². The van der Waals surface area contributed by atoms with E-state index >= 15 is 0 Å². The van der Waals surface area contributed by atoms with Crippen molar-refractivity contribution in [2.45, 2.75) is 52.0 Å². The summed E-state index contributed by atoms with van der Waals surface area (Å²) in [6.45, 7) is 4.50. The zero-order valence-electron chi connectivity index (χ0n) is 14.4. The number of hydrogen-bond acceptors (Lipinski definition) is 3. The van der Waals surface area contributed by atoms with Gasteiger partial charge in [0.1, 0.15) is 0 Å². The highest BCUT2D eigenvalue weighted by atomic mass is 35.5. The normalized spacial score (nSPS) is 10.0. The Kier molecular flexibility index (Phi) is 11.7. The van der Waals surface area contributed by atoms with Gasteiger partial charge in [-0.05, 0) is 57.5 Å². The van der Waals surface area contributed by atoms with Gasteiger partial charge in [-0.3, -0.25) is 4.79 Å². The van der Waals surface area contributed by atoms with Crippen LogP contribution in [-0.4, -0.2) is 24.5 Å². The topological polar surface area (TPSA) is 96.2 Å². The Morgan fingerprint density at radius 2 is 1.50 bits per heavy atom. The molecule has 0 saturated carbocycles. The van der Waals surface area contributed by atoms with Crippen molar-refractivity contribution >= 4 is 35.7 Å². The lowest BCUT2D eigenvalue weighted by atomic mass is 10.1. The van der Waals surface area contributed by atoms with Crippen LogP contribution in [0.4, 0.5) is 16.2 Å². The summed E-state index contributed by atoms with van der Waals surface area (Å²) in [7, 11) is 0. The summed E-state index contributed by atoms with van der Waals surface area (Å²) < 4.78 is 0. The van der Waals surface area contributed by atoms with Gasteiger partial charge in [-0.25, -0.2) is 4.79 Å². The molecule has 0 radical (unpaired) electrons. The van der Waals surface area contributed by atoms with Crippen molar-refractivity contribution < 1.29 is 9.59 Å². The van der Waals surface area contributed by atoms with E-state index in [0.717, 1.165) is 31.4 Å². The summed E-state index contributed by atoms with van der Waals surface area (Å²) in [5, 5.41) is 8.34. The first-order chi connectivity index (χ1) is 11.0. The lowest BCUT2D eigenvalue weighted by molar-refractivity contribution is -0.116. The first-order valence-electron chi connectivity index (χ1n) is 8.18. The Morgan fingerprint density at radius 1 is 0.958 bits per heavy atom. The summed E-state index contributed by atoms with van der Waals surface area (Å²) in [4.78, 5) is 23.4. The molecule has 5 N–H and O–H groups in total. The average Bonchev–Trinajstić information content (AvgIpc) is 2.48. The maximum Gasteiger partial charge on any atom is 0.319 e. The van der Waals surface area contributed by atoms with Gasteiger partial charge >= 0.3 is 6.03 Å². The van der Waals surface area contributed by atoms with Crippen LogP contribution in [0.15, 0.2) is 24.3 Å². The van der Waals surface area contributed by atoms with Crippen molar-refractivity contribution in [3.8, 4) is 0 Å². The molecule has 0 aliphatic heterocycles. The average molecular weight is 357 g/mol. The number of halogens is 1. The molecule has 6 nitrogen and oxygen atoms in total. The number of carbonyl (C=O) groups is 2. The molecule has 1 aromatic rings. The minimum Gasteiger partial charge on any atom is -0.336 e. The van der Waals surface area contributed by atoms with Crippen molar-refractivity contribution in [1.29, 1.82) is 0 Å². The zero-order valence-corrected chi connectivity index (χ0v) is 15.2. The SMILES string of the molecule is CC(C)NC(=O)Nc1ccc(NC(=O)CCCCCCN)cc1.Cl. The third-order valence-corrected chi connectivity index (χ3v) is 3.20. The Labute approximate surface area is 150 Å². The van der Waals surface area contributed by atoms with E-state index in [1.807, 2.05) is 13.8 Å². The largest absolute Gasteiger partial charge is 0.336 e. The van der Waals surface area contributed by atoms with E-state index in [9.17, 15) is 9.59 Å². The van der Waals surface area contributed by atoms with Crippen molar-refractivity contribution in [2.75, 3.05) is 17.2 Å². The molecule has 0 saturated heterocycles. The van der Waals surface area contributed by atoms with Gasteiger partial charge in [0.2, 0.25) is 5.91 Å². The molecule has 3 amide bonds. The van der Waals surface area contributed by atoms with Crippen LogP contribution >= 0.6 is 12.4 Å². The monoisotopic (exact) mass is 356 g/mol. The first-order valence-corrected chi connectivity index (χ1v) is 8.18. The maximum absolute atomic E-state index is 11.8.